The van der Waals surface area contributed by atoms with Gasteiger partial charge in [0.1, 0.15) is 11.5 Å². The number of ether oxygens (including phenoxy) is 1. The summed E-state index contributed by atoms with van der Waals surface area (Å²) >= 11 is 1.86. The Kier molecular flexibility index (Phi) is 7.95. The highest BCUT2D eigenvalue weighted by Crippen LogP contribution is 2.22. The minimum absolute atomic E-state index is 0.0247. The van der Waals surface area contributed by atoms with Crippen LogP contribution >= 0.6 is 11.8 Å². The first-order valence-electron chi connectivity index (χ1n) is 6.83. The Labute approximate surface area is 124 Å². The van der Waals surface area contributed by atoms with Crippen LogP contribution in [-0.4, -0.2) is 36.7 Å². The fraction of sp³-hybridized carbons (Fsp3) is 0.533. The number of phenolic OH excluding ortho intramolecular Hbond substituents is 1. The molecule has 0 aliphatic rings. The predicted molar refractivity (Wildman–Crippen MR) is 83.8 cm³/mol. The first kappa shape index (κ1) is 16.7. The molecule has 0 bridgehead atoms. The van der Waals surface area contributed by atoms with Gasteiger partial charge in [0.05, 0.1) is 12.7 Å². The lowest BCUT2D eigenvalue weighted by molar-refractivity contribution is 0.0950. The van der Waals surface area contributed by atoms with Crippen molar-refractivity contribution in [2.75, 3.05) is 25.7 Å². The van der Waals surface area contributed by atoms with Crippen molar-refractivity contribution in [2.45, 2.75) is 25.7 Å². The average Bonchev–Trinajstić information content (AvgIpc) is 2.46. The highest BCUT2D eigenvalue weighted by atomic mass is 32.2. The Morgan fingerprint density at radius 1 is 1.30 bits per heavy atom. The number of hydrogen-bond acceptors (Lipinski definition) is 4. The third-order valence-electron chi connectivity index (χ3n) is 3.01. The SMILES string of the molecule is COc1ccc(O)c(C(=O)NCCCCCCSC)c1. The summed E-state index contributed by atoms with van der Waals surface area (Å²) in [4.78, 5) is 11.9. The van der Waals surface area contributed by atoms with Crippen molar-refractivity contribution in [3.05, 3.63) is 23.8 Å². The molecule has 0 spiro atoms. The van der Waals surface area contributed by atoms with Crippen molar-refractivity contribution in [1.82, 2.24) is 5.32 Å². The molecule has 0 aliphatic heterocycles. The van der Waals surface area contributed by atoms with E-state index in [9.17, 15) is 9.90 Å². The van der Waals surface area contributed by atoms with Gasteiger partial charge in [0.15, 0.2) is 0 Å². The number of hydrogen-bond donors (Lipinski definition) is 2. The van der Waals surface area contributed by atoms with Crippen molar-refractivity contribution in [1.29, 1.82) is 0 Å². The molecule has 2 N–H and O–H groups in total. The van der Waals surface area contributed by atoms with Gasteiger partial charge in [-0.3, -0.25) is 4.79 Å². The predicted octanol–water partition coefficient (Wildman–Crippen LogP) is 3.05. The number of rotatable bonds is 9. The van der Waals surface area contributed by atoms with Crippen LogP contribution in [0.5, 0.6) is 11.5 Å². The van der Waals surface area contributed by atoms with Crippen LogP contribution in [0.2, 0.25) is 0 Å². The molecule has 4 nitrogen and oxygen atoms in total. The van der Waals surface area contributed by atoms with E-state index >= 15 is 0 Å². The molecule has 112 valence electrons. The van der Waals surface area contributed by atoms with Gasteiger partial charge in [-0.1, -0.05) is 12.8 Å². The normalized spacial score (nSPS) is 10.3. The molecule has 0 aliphatic carbocycles. The lowest BCUT2D eigenvalue weighted by atomic mass is 10.1. The Morgan fingerprint density at radius 3 is 2.75 bits per heavy atom. The molecule has 1 aromatic carbocycles. The average molecular weight is 297 g/mol. The summed E-state index contributed by atoms with van der Waals surface area (Å²) in [5.74, 6) is 1.48. The van der Waals surface area contributed by atoms with Gasteiger partial charge in [-0.2, -0.15) is 11.8 Å². The van der Waals surface area contributed by atoms with Gasteiger partial charge in [-0.15, -0.1) is 0 Å². The molecule has 1 rings (SSSR count). The van der Waals surface area contributed by atoms with E-state index in [1.54, 1.807) is 12.1 Å². The monoisotopic (exact) mass is 297 g/mol. The maximum Gasteiger partial charge on any atom is 0.255 e. The van der Waals surface area contributed by atoms with Gasteiger partial charge in [0, 0.05) is 6.54 Å². The van der Waals surface area contributed by atoms with Crippen LogP contribution in [0.25, 0.3) is 0 Å². The third kappa shape index (κ3) is 5.74. The molecule has 0 radical (unpaired) electrons. The molecule has 5 heteroatoms. The van der Waals surface area contributed by atoms with E-state index in [4.69, 9.17) is 4.74 Å². The van der Waals surface area contributed by atoms with Crippen LogP contribution < -0.4 is 10.1 Å². The number of amides is 1. The lowest BCUT2D eigenvalue weighted by Gasteiger charge is -2.08. The summed E-state index contributed by atoms with van der Waals surface area (Å²) in [6.07, 6.45) is 6.61. The number of aromatic hydroxyl groups is 1. The largest absolute Gasteiger partial charge is 0.507 e. The number of nitrogens with one attached hydrogen (secondary N) is 1. The molecule has 1 amide bonds. The summed E-state index contributed by atoms with van der Waals surface area (Å²) in [5, 5.41) is 12.5. The highest BCUT2D eigenvalue weighted by molar-refractivity contribution is 7.98. The molecule has 0 saturated carbocycles. The number of unbranched alkanes of at least 4 members (excludes halogenated alkanes) is 3. The molecule has 0 atom stereocenters. The Balaban J connectivity index is 2.32. The standard InChI is InChI=1S/C15H23NO3S/c1-19-12-7-8-14(17)13(11-12)15(18)16-9-5-3-4-6-10-20-2/h7-8,11,17H,3-6,9-10H2,1-2H3,(H,16,18). The zero-order valence-corrected chi connectivity index (χ0v) is 13.0. The quantitative estimate of drug-likeness (QED) is 0.688. The maximum atomic E-state index is 11.9. The zero-order valence-electron chi connectivity index (χ0n) is 12.1. The molecule has 20 heavy (non-hydrogen) atoms. The third-order valence-corrected chi connectivity index (χ3v) is 3.71. The van der Waals surface area contributed by atoms with Crippen LogP contribution in [0, 0.1) is 0 Å². The van der Waals surface area contributed by atoms with E-state index < -0.39 is 0 Å². The number of methoxy groups -OCH3 is 1. The molecular formula is C15H23NO3S. The van der Waals surface area contributed by atoms with Crippen molar-refractivity contribution >= 4 is 17.7 Å². The summed E-state index contributed by atoms with van der Waals surface area (Å²) in [6, 6.07) is 4.64. The minimum atomic E-state index is -0.259. The van der Waals surface area contributed by atoms with Gasteiger partial charge in [0.2, 0.25) is 0 Å². The van der Waals surface area contributed by atoms with Crippen LogP contribution in [-0.2, 0) is 0 Å². The second kappa shape index (κ2) is 9.53. The van der Waals surface area contributed by atoms with Crippen LogP contribution in [0.4, 0.5) is 0 Å². The Morgan fingerprint density at radius 2 is 2.05 bits per heavy atom. The molecule has 0 unspecified atom stereocenters. The lowest BCUT2D eigenvalue weighted by Crippen LogP contribution is -2.24. The van der Waals surface area contributed by atoms with E-state index in [0.29, 0.717) is 12.3 Å². The number of thioether (sulfide) groups is 1. The highest BCUT2D eigenvalue weighted by Gasteiger charge is 2.11. The number of carbonyl (C=O) groups excluding carboxylic acids is 1. The maximum absolute atomic E-state index is 11.9. The van der Waals surface area contributed by atoms with Gasteiger partial charge in [-0.05, 0) is 43.0 Å². The molecular weight excluding hydrogens is 274 g/mol. The van der Waals surface area contributed by atoms with E-state index in [1.165, 1.54) is 31.8 Å². The van der Waals surface area contributed by atoms with Crippen molar-refractivity contribution in [3.63, 3.8) is 0 Å². The smallest absolute Gasteiger partial charge is 0.255 e. The van der Waals surface area contributed by atoms with Gasteiger partial charge >= 0.3 is 0 Å². The fourth-order valence-corrected chi connectivity index (χ4v) is 2.34. The van der Waals surface area contributed by atoms with E-state index in [-0.39, 0.29) is 17.2 Å². The van der Waals surface area contributed by atoms with E-state index in [0.717, 1.165) is 12.8 Å². The molecule has 0 aromatic heterocycles. The van der Waals surface area contributed by atoms with Crippen molar-refractivity contribution < 1.29 is 14.6 Å². The van der Waals surface area contributed by atoms with Crippen LogP contribution in [0.3, 0.4) is 0 Å². The van der Waals surface area contributed by atoms with Crippen molar-refractivity contribution in [3.8, 4) is 11.5 Å². The minimum Gasteiger partial charge on any atom is -0.507 e. The molecule has 0 saturated heterocycles. The first-order valence-corrected chi connectivity index (χ1v) is 8.22. The second-order valence-corrected chi connectivity index (χ2v) is 5.53. The van der Waals surface area contributed by atoms with Crippen LogP contribution in [0.1, 0.15) is 36.0 Å². The summed E-state index contributed by atoms with van der Waals surface area (Å²) in [6.45, 7) is 0.634. The summed E-state index contributed by atoms with van der Waals surface area (Å²) < 4.78 is 5.05. The Hall–Kier alpha value is -1.36. The number of carbonyl (C=O) groups is 1. The fourth-order valence-electron chi connectivity index (χ4n) is 1.85. The van der Waals surface area contributed by atoms with Gasteiger partial charge in [0.25, 0.3) is 5.91 Å². The van der Waals surface area contributed by atoms with Gasteiger partial charge in [-0.25, -0.2) is 0 Å². The van der Waals surface area contributed by atoms with E-state index in [1.807, 2.05) is 11.8 Å². The van der Waals surface area contributed by atoms with E-state index in [2.05, 4.69) is 11.6 Å². The van der Waals surface area contributed by atoms with Crippen molar-refractivity contribution in [2.24, 2.45) is 0 Å². The first-order chi connectivity index (χ1) is 9.69. The zero-order chi connectivity index (χ0) is 14.8. The van der Waals surface area contributed by atoms with Crippen LogP contribution in [0.15, 0.2) is 18.2 Å². The molecule has 0 fully saturated rings. The number of phenols is 1. The summed E-state index contributed by atoms with van der Waals surface area (Å²) in [7, 11) is 1.53. The topological polar surface area (TPSA) is 58.6 Å². The molecule has 1 aromatic rings. The second-order valence-electron chi connectivity index (χ2n) is 4.55. The summed E-state index contributed by atoms with van der Waals surface area (Å²) in [5.41, 5.74) is 0.256. The Bertz CT molecular complexity index is 424. The molecule has 0 heterocycles. The number of benzene rings is 1. The van der Waals surface area contributed by atoms with Gasteiger partial charge < -0.3 is 15.2 Å².